The van der Waals surface area contributed by atoms with Crippen molar-refractivity contribution in [2.45, 2.75) is 101 Å². The molecule has 2 bridgehead atoms. The standard InChI is InChI=1S/C36H49N3O7/c1-5-7-18-28(41)37(4)24(3)31(25-14-10-8-11-15-25)45-35(44)29-27-19-20-36(46-27)30(29)33(42)39(22-23-40)32(36)34(43)38(21-6-2)26-16-12-9-13-17-26/h5-6,8,10-11,14-15,24,26-27,29-32,40H,1-2,7,9,12-13,16-23H2,3-4H3/t24-,27-,29+,30+,31+,32-,36+/m1/s1. The Morgan fingerprint density at radius 3 is 2.50 bits per heavy atom. The fourth-order valence-electron chi connectivity index (χ4n) is 8.28. The summed E-state index contributed by atoms with van der Waals surface area (Å²) in [6, 6.07) is 7.87. The summed E-state index contributed by atoms with van der Waals surface area (Å²) in [5, 5.41) is 9.99. The molecule has 1 saturated carbocycles. The van der Waals surface area contributed by atoms with Crippen LogP contribution in [-0.4, -0.2) is 100 Å². The maximum Gasteiger partial charge on any atom is 0.313 e. The minimum atomic E-state index is -1.18. The first-order chi connectivity index (χ1) is 22.2. The predicted octanol–water partition coefficient (Wildman–Crippen LogP) is 3.80. The fourth-order valence-corrected chi connectivity index (χ4v) is 8.28. The van der Waals surface area contributed by atoms with Crippen molar-refractivity contribution in [2.24, 2.45) is 11.8 Å². The van der Waals surface area contributed by atoms with Crippen molar-refractivity contribution in [3.05, 3.63) is 61.2 Å². The van der Waals surface area contributed by atoms with Gasteiger partial charge in [0.2, 0.25) is 17.7 Å². The highest BCUT2D eigenvalue weighted by molar-refractivity contribution is 5.98. The molecule has 250 valence electrons. The van der Waals surface area contributed by atoms with Crippen LogP contribution in [0.3, 0.4) is 0 Å². The number of nitrogens with zero attached hydrogens (tertiary/aromatic N) is 3. The van der Waals surface area contributed by atoms with Gasteiger partial charge in [0.25, 0.3) is 0 Å². The minimum Gasteiger partial charge on any atom is -0.455 e. The number of carbonyl (C=O) groups excluding carboxylic acids is 4. The molecule has 46 heavy (non-hydrogen) atoms. The number of esters is 1. The maximum absolute atomic E-state index is 14.5. The van der Waals surface area contributed by atoms with Crippen LogP contribution in [0.1, 0.15) is 76.4 Å². The molecule has 0 aromatic heterocycles. The van der Waals surface area contributed by atoms with E-state index in [9.17, 15) is 24.3 Å². The van der Waals surface area contributed by atoms with Crippen molar-refractivity contribution in [1.29, 1.82) is 0 Å². The Morgan fingerprint density at radius 1 is 1.13 bits per heavy atom. The SMILES string of the molecule is C=CCCC(=O)N(C)[C@H](C)[C@H](OC(=O)[C@@H]1[C@H]2C(=O)N(CCO)[C@H](C(=O)N(CC=C)C3CCCCC3)[C@]23CC[C@H]1O3)c1ccccc1. The first-order valence-corrected chi connectivity index (χ1v) is 16.8. The molecule has 1 aromatic rings. The van der Waals surface area contributed by atoms with Crippen LogP contribution in [0, 0.1) is 11.8 Å². The fraction of sp³-hybridized carbons (Fsp3) is 0.611. The molecule has 0 unspecified atom stereocenters. The zero-order valence-corrected chi connectivity index (χ0v) is 27.2. The average molecular weight is 636 g/mol. The maximum atomic E-state index is 14.5. The second-order valence-electron chi connectivity index (χ2n) is 13.2. The Labute approximate surface area is 272 Å². The number of likely N-dealkylation sites (N-methyl/N-ethyl adjacent to an activating group) is 1. The zero-order valence-electron chi connectivity index (χ0n) is 27.2. The van der Waals surface area contributed by atoms with Gasteiger partial charge in [-0.1, -0.05) is 61.7 Å². The summed E-state index contributed by atoms with van der Waals surface area (Å²) >= 11 is 0. The van der Waals surface area contributed by atoms with Crippen molar-refractivity contribution in [1.82, 2.24) is 14.7 Å². The highest BCUT2D eigenvalue weighted by Gasteiger charge is 2.75. The molecular formula is C36H49N3O7. The van der Waals surface area contributed by atoms with Crippen molar-refractivity contribution >= 4 is 23.7 Å². The number of aliphatic hydroxyl groups is 1. The van der Waals surface area contributed by atoms with Crippen molar-refractivity contribution in [2.75, 3.05) is 26.7 Å². The Balaban J connectivity index is 1.44. The van der Waals surface area contributed by atoms with Crippen molar-refractivity contribution < 1.29 is 33.8 Å². The number of carbonyl (C=O) groups is 4. The molecular weight excluding hydrogens is 586 g/mol. The Kier molecular flexibility index (Phi) is 10.7. The quantitative estimate of drug-likeness (QED) is 0.244. The lowest BCUT2D eigenvalue weighted by atomic mass is 9.70. The smallest absolute Gasteiger partial charge is 0.313 e. The number of hydrogen-bond donors (Lipinski definition) is 1. The van der Waals surface area contributed by atoms with Gasteiger partial charge in [-0.05, 0) is 44.6 Å². The van der Waals surface area contributed by atoms with Crippen LogP contribution in [0.15, 0.2) is 55.6 Å². The number of rotatable bonds is 14. The summed E-state index contributed by atoms with van der Waals surface area (Å²) in [4.78, 5) is 60.8. The monoisotopic (exact) mass is 635 g/mol. The number of benzene rings is 1. The van der Waals surface area contributed by atoms with Crippen LogP contribution in [0.4, 0.5) is 0 Å². The van der Waals surface area contributed by atoms with Gasteiger partial charge >= 0.3 is 5.97 Å². The van der Waals surface area contributed by atoms with E-state index in [0.29, 0.717) is 25.8 Å². The van der Waals surface area contributed by atoms with E-state index in [4.69, 9.17) is 9.47 Å². The lowest BCUT2D eigenvalue weighted by Gasteiger charge is -2.40. The van der Waals surface area contributed by atoms with Crippen LogP contribution in [-0.2, 0) is 28.7 Å². The number of ether oxygens (including phenoxy) is 2. The van der Waals surface area contributed by atoms with E-state index >= 15 is 0 Å². The molecule has 10 heteroatoms. The van der Waals surface area contributed by atoms with E-state index in [2.05, 4.69) is 13.2 Å². The normalized spacial score (nSPS) is 28.3. The summed E-state index contributed by atoms with van der Waals surface area (Å²) < 4.78 is 12.9. The number of aliphatic hydroxyl groups excluding tert-OH is 1. The number of allylic oxidation sites excluding steroid dienone is 1. The number of likely N-dealkylation sites (tertiary alicyclic amines) is 1. The Hall–Kier alpha value is -3.50. The molecule has 1 aliphatic carbocycles. The molecule has 4 aliphatic rings. The molecule has 5 rings (SSSR count). The van der Waals surface area contributed by atoms with Gasteiger partial charge < -0.3 is 29.3 Å². The molecule has 1 aromatic carbocycles. The highest BCUT2D eigenvalue weighted by Crippen LogP contribution is 2.59. The third-order valence-electron chi connectivity index (χ3n) is 10.6. The van der Waals surface area contributed by atoms with Crippen molar-refractivity contribution in [3.8, 4) is 0 Å². The number of hydrogen-bond acceptors (Lipinski definition) is 7. The molecule has 3 amide bonds. The number of fused-ring (bicyclic) bond motifs is 1. The predicted molar refractivity (Wildman–Crippen MR) is 172 cm³/mol. The summed E-state index contributed by atoms with van der Waals surface area (Å²) in [6.45, 7) is 9.44. The van der Waals surface area contributed by atoms with Gasteiger partial charge in [0.1, 0.15) is 17.7 Å². The van der Waals surface area contributed by atoms with Gasteiger partial charge in [0.15, 0.2) is 0 Å². The van der Waals surface area contributed by atoms with E-state index in [-0.39, 0.29) is 43.3 Å². The molecule has 0 radical (unpaired) electrons. The van der Waals surface area contributed by atoms with E-state index in [1.807, 2.05) is 42.2 Å². The van der Waals surface area contributed by atoms with Crippen molar-refractivity contribution in [3.63, 3.8) is 0 Å². The van der Waals surface area contributed by atoms with E-state index in [1.165, 1.54) is 4.90 Å². The summed E-state index contributed by atoms with van der Waals surface area (Å²) in [7, 11) is 1.69. The Bertz CT molecular complexity index is 1300. The van der Waals surface area contributed by atoms with E-state index < -0.39 is 47.7 Å². The van der Waals surface area contributed by atoms with Crippen LogP contribution in [0.5, 0.6) is 0 Å². The van der Waals surface area contributed by atoms with Crippen LogP contribution in [0.25, 0.3) is 0 Å². The molecule has 10 nitrogen and oxygen atoms in total. The first kappa shape index (κ1) is 33.9. The molecule has 7 atom stereocenters. The van der Waals surface area contributed by atoms with Gasteiger partial charge in [-0.25, -0.2) is 0 Å². The average Bonchev–Trinajstić information content (AvgIpc) is 3.72. The van der Waals surface area contributed by atoms with Crippen LogP contribution >= 0.6 is 0 Å². The summed E-state index contributed by atoms with van der Waals surface area (Å²) in [5.41, 5.74) is -0.456. The third-order valence-corrected chi connectivity index (χ3v) is 10.6. The number of β-amino-alcohol motifs (C(OH)–C–C–N with tert-alkyl or cyclic N) is 1. The molecule has 3 heterocycles. The van der Waals surface area contributed by atoms with Gasteiger partial charge in [0, 0.05) is 32.6 Å². The first-order valence-electron chi connectivity index (χ1n) is 16.8. The van der Waals surface area contributed by atoms with E-state index in [0.717, 1.165) is 37.7 Å². The van der Waals surface area contributed by atoms with Gasteiger partial charge in [-0.2, -0.15) is 0 Å². The second kappa shape index (κ2) is 14.5. The Morgan fingerprint density at radius 2 is 1.85 bits per heavy atom. The minimum absolute atomic E-state index is 0.0306. The van der Waals surface area contributed by atoms with Crippen LogP contribution < -0.4 is 0 Å². The zero-order chi connectivity index (χ0) is 33.0. The van der Waals surface area contributed by atoms with Gasteiger partial charge in [-0.15, -0.1) is 13.2 Å². The van der Waals surface area contributed by atoms with Crippen LogP contribution in [0.2, 0.25) is 0 Å². The molecule has 3 aliphatic heterocycles. The topological polar surface area (TPSA) is 117 Å². The summed E-state index contributed by atoms with van der Waals surface area (Å²) in [5.74, 6) is -3.07. The van der Waals surface area contributed by atoms with E-state index in [1.54, 1.807) is 24.1 Å². The summed E-state index contributed by atoms with van der Waals surface area (Å²) in [6.07, 6.45) is 8.81. The largest absolute Gasteiger partial charge is 0.455 e. The lowest BCUT2D eigenvalue weighted by molar-refractivity contribution is -0.164. The highest BCUT2D eigenvalue weighted by atomic mass is 16.6. The third kappa shape index (κ3) is 6.13. The molecule has 1 N–H and O–H groups in total. The number of amides is 3. The second-order valence-corrected chi connectivity index (χ2v) is 13.2. The van der Waals surface area contributed by atoms with Gasteiger partial charge in [0.05, 0.1) is 30.6 Å². The molecule has 3 saturated heterocycles. The molecule has 4 fully saturated rings. The van der Waals surface area contributed by atoms with Gasteiger partial charge in [-0.3, -0.25) is 19.2 Å². The lowest BCUT2D eigenvalue weighted by Crippen LogP contribution is -2.58. The molecule has 1 spiro atoms.